The number of carbonyl (C=O) groups excluding carboxylic acids is 1. The molecule has 7 nitrogen and oxygen atoms in total. The van der Waals surface area contributed by atoms with Gasteiger partial charge in [0, 0.05) is 36.1 Å². The van der Waals surface area contributed by atoms with Gasteiger partial charge in [-0.15, -0.1) is 0 Å². The van der Waals surface area contributed by atoms with Crippen molar-refractivity contribution in [3.63, 3.8) is 0 Å². The third kappa shape index (κ3) is 8.64. The predicted octanol–water partition coefficient (Wildman–Crippen LogP) is 7.71. The fraction of sp³-hybridized carbons (Fsp3) is 0.432. The molecule has 0 aliphatic carbocycles. The van der Waals surface area contributed by atoms with Crippen molar-refractivity contribution in [3.8, 4) is 5.75 Å². The fourth-order valence-corrected chi connectivity index (χ4v) is 6.50. The number of nitrogens with zero attached hydrogens (tertiary/aromatic N) is 1. The first-order valence-electron chi connectivity index (χ1n) is 15.9. The fourth-order valence-electron chi connectivity index (χ4n) is 5.22. The highest BCUT2D eigenvalue weighted by Crippen LogP contribution is 2.40. The summed E-state index contributed by atoms with van der Waals surface area (Å²) in [5.74, 6) is 0.376. The van der Waals surface area contributed by atoms with Crippen molar-refractivity contribution in [1.82, 2.24) is 9.88 Å². The molecule has 0 saturated carbocycles. The molecule has 0 aliphatic rings. The molecule has 0 radical (unpaired) electrons. The second-order valence-corrected chi connectivity index (χ2v) is 18.1. The van der Waals surface area contributed by atoms with E-state index in [1.54, 1.807) is 0 Å². The average molecular weight is 631 g/mol. The minimum Gasteiger partial charge on any atom is -0.489 e. The summed E-state index contributed by atoms with van der Waals surface area (Å²) in [5, 5.41) is 15.1. The Kier molecular flexibility index (Phi) is 11.3. The number of rotatable bonds is 14. The van der Waals surface area contributed by atoms with E-state index in [0.717, 1.165) is 34.0 Å². The van der Waals surface area contributed by atoms with E-state index in [0.29, 0.717) is 31.2 Å². The summed E-state index contributed by atoms with van der Waals surface area (Å²) in [5.41, 5.74) is 5.59. The molecule has 0 amide bonds. The minimum atomic E-state index is -2.12. The number of aliphatic hydroxyl groups is 1. The maximum Gasteiger partial charge on any atom is 0.354 e. The molecule has 1 heterocycles. The van der Waals surface area contributed by atoms with Crippen LogP contribution in [0.15, 0.2) is 72.8 Å². The van der Waals surface area contributed by atoms with Crippen LogP contribution in [0.4, 0.5) is 0 Å². The van der Waals surface area contributed by atoms with Gasteiger partial charge in [0.25, 0.3) is 0 Å². The zero-order valence-corrected chi connectivity index (χ0v) is 29.1. The van der Waals surface area contributed by atoms with E-state index in [1.165, 1.54) is 5.56 Å². The van der Waals surface area contributed by atoms with E-state index >= 15 is 0 Å². The average Bonchev–Trinajstić information content (AvgIpc) is 3.33. The van der Waals surface area contributed by atoms with Crippen LogP contribution in [0, 0.1) is 0 Å². The summed E-state index contributed by atoms with van der Waals surface area (Å²) < 4.78 is 20.2. The van der Waals surface area contributed by atoms with Gasteiger partial charge in [0.05, 0.1) is 19.3 Å². The van der Waals surface area contributed by atoms with E-state index in [1.807, 2.05) is 67.1 Å². The Labute approximate surface area is 269 Å². The summed E-state index contributed by atoms with van der Waals surface area (Å²) in [4.78, 5) is 12.4. The third-order valence-corrected chi connectivity index (χ3v) is 13.4. The Hall–Kier alpha value is -3.43. The number of esters is 1. The minimum absolute atomic E-state index is 0.0446. The number of nitrogens with one attached hydrogen (secondary N) is 1. The molecule has 2 atom stereocenters. The van der Waals surface area contributed by atoms with Gasteiger partial charge in [-0.2, -0.15) is 0 Å². The Morgan fingerprint density at radius 3 is 2.40 bits per heavy atom. The first kappa shape index (κ1) is 34.4. The zero-order valence-electron chi connectivity index (χ0n) is 28.1. The molecule has 8 heteroatoms. The number of carbonyl (C=O) groups is 1. The van der Waals surface area contributed by atoms with Gasteiger partial charge < -0.3 is 28.9 Å². The molecule has 2 N–H and O–H groups in total. The first-order chi connectivity index (χ1) is 21.3. The molecule has 0 aliphatic heterocycles. The van der Waals surface area contributed by atoms with Crippen molar-refractivity contribution in [2.24, 2.45) is 7.05 Å². The van der Waals surface area contributed by atoms with Gasteiger partial charge in [0.15, 0.2) is 8.32 Å². The molecule has 242 valence electrons. The zero-order chi connectivity index (χ0) is 32.8. The number of aliphatic hydroxyl groups excluding tert-OH is 1. The van der Waals surface area contributed by atoms with Crippen LogP contribution >= 0.6 is 0 Å². The van der Waals surface area contributed by atoms with Crippen molar-refractivity contribution in [2.45, 2.75) is 84.5 Å². The molecule has 45 heavy (non-hydrogen) atoms. The molecule has 0 spiro atoms. The van der Waals surface area contributed by atoms with Crippen LogP contribution in [0.25, 0.3) is 10.9 Å². The number of hydrogen-bond acceptors (Lipinski definition) is 6. The molecule has 0 saturated heterocycles. The van der Waals surface area contributed by atoms with Crippen LogP contribution in [0.2, 0.25) is 18.1 Å². The highest BCUT2D eigenvalue weighted by molar-refractivity contribution is 6.74. The molecule has 0 unspecified atom stereocenters. The summed E-state index contributed by atoms with van der Waals surface area (Å²) >= 11 is 0. The van der Waals surface area contributed by atoms with Crippen molar-refractivity contribution in [3.05, 3.63) is 101 Å². The monoisotopic (exact) mass is 630 g/mol. The van der Waals surface area contributed by atoms with Gasteiger partial charge in [-0.25, -0.2) is 4.79 Å². The molecule has 4 rings (SSSR count). The maximum atomic E-state index is 12.4. The molecule has 1 aromatic heterocycles. The Balaban J connectivity index is 1.50. The Morgan fingerprint density at radius 1 is 1.00 bits per heavy atom. The van der Waals surface area contributed by atoms with Crippen molar-refractivity contribution in [1.29, 1.82) is 0 Å². The topological polar surface area (TPSA) is 82.0 Å². The molecule has 0 bridgehead atoms. The normalized spacial score (nSPS) is 13.5. The smallest absolute Gasteiger partial charge is 0.354 e. The lowest BCUT2D eigenvalue weighted by Crippen LogP contribution is -2.44. The molecule has 4 aromatic rings. The Morgan fingerprint density at radius 2 is 1.73 bits per heavy atom. The standard InChI is InChI=1S/C37H50N2O5Si/c1-9-42-36(41)33-22-30-20-28(15-17-32(30)39(33)6)19-26(2)38-23-35(44-45(7,8)37(3,4)5)29-16-18-34(31(21-29)24-40)43-25-27-13-11-10-12-14-27/h10-18,20-22,26,35,38,40H,9,19,23-25H2,1-8H3/t26-,35-/m1/s1. The molecule has 3 aromatic carbocycles. The summed E-state index contributed by atoms with van der Waals surface area (Å²) in [6, 6.07) is 24.5. The second kappa shape index (κ2) is 14.8. The van der Waals surface area contributed by atoms with Gasteiger partial charge in [-0.05, 0) is 85.4 Å². The second-order valence-electron chi connectivity index (χ2n) is 13.4. The highest BCUT2D eigenvalue weighted by Gasteiger charge is 2.39. The number of hydrogen-bond donors (Lipinski definition) is 2. The third-order valence-electron chi connectivity index (χ3n) is 8.89. The quantitative estimate of drug-likeness (QED) is 0.110. The number of benzene rings is 3. The van der Waals surface area contributed by atoms with Crippen LogP contribution < -0.4 is 10.1 Å². The summed E-state index contributed by atoms with van der Waals surface area (Å²) in [6.45, 7) is 16.6. The molecule has 0 fully saturated rings. The lowest BCUT2D eigenvalue weighted by Gasteiger charge is -2.40. The van der Waals surface area contributed by atoms with E-state index < -0.39 is 8.32 Å². The lowest BCUT2D eigenvalue weighted by molar-refractivity contribution is 0.0516. The molecular weight excluding hydrogens is 581 g/mol. The van der Waals surface area contributed by atoms with Crippen LogP contribution in [0.3, 0.4) is 0 Å². The van der Waals surface area contributed by atoms with Gasteiger partial charge in [-0.3, -0.25) is 0 Å². The molecular formula is C37H50N2O5Si. The maximum absolute atomic E-state index is 12.4. The largest absolute Gasteiger partial charge is 0.489 e. The SMILES string of the molecule is CCOC(=O)c1cc2cc(C[C@@H](C)NC[C@@H](O[Si](C)(C)C(C)(C)C)c3ccc(OCc4ccccc4)c(CO)c3)ccc2n1C. The van der Waals surface area contributed by atoms with Crippen molar-refractivity contribution < 1.29 is 23.8 Å². The van der Waals surface area contributed by atoms with E-state index in [9.17, 15) is 9.90 Å². The van der Waals surface area contributed by atoms with E-state index in [4.69, 9.17) is 13.9 Å². The van der Waals surface area contributed by atoms with Crippen molar-refractivity contribution >= 4 is 25.2 Å². The van der Waals surface area contributed by atoms with Gasteiger partial charge in [0.1, 0.15) is 18.1 Å². The highest BCUT2D eigenvalue weighted by atomic mass is 28.4. The van der Waals surface area contributed by atoms with Gasteiger partial charge in [-0.1, -0.05) is 63.2 Å². The number of fused-ring (bicyclic) bond motifs is 1. The predicted molar refractivity (Wildman–Crippen MR) is 184 cm³/mol. The van der Waals surface area contributed by atoms with E-state index in [-0.39, 0.29) is 29.8 Å². The first-order valence-corrected chi connectivity index (χ1v) is 18.8. The number of aromatic nitrogens is 1. The number of aryl methyl sites for hydroxylation is 1. The van der Waals surface area contributed by atoms with Crippen LogP contribution in [-0.2, 0) is 35.8 Å². The van der Waals surface area contributed by atoms with Crippen LogP contribution in [0.1, 0.15) is 73.5 Å². The van der Waals surface area contributed by atoms with Gasteiger partial charge >= 0.3 is 5.97 Å². The lowest BCUT2D eigenvalue weighted by atomic mass is 10.0. The number of ether oxygens (including phenoxy) is 2. The van der Waals surface area contributed by atoms with Gasteiger partial charge in [0.2, 0.25) is 0 Å². The van der Waals surface area contributed by atoms with Crippen LogP contribution in [-0.4, -0.2) is 43.2 Å². The van der Waals surface area contributed by atoms with E-state index in [2.05, 4.69) is 70.4 Å². The summed E-state index contributed by atoms with van der Waals surface area (Å²) in [6.07, 6.45) is 0.631. The van der Waals surface area contributed by atoms with Crippen LogP contribution in [0.5, 0.6) is 5.75 Å². The van der Waals surface area contributed by atoms with Crippen molar-refractivity contribution in [2.75, 3.05) is 13.2 Å². The summed E-state index contributed by atoms with van der Waals surface area (Å²) in [7, 11) is -0.226. The Bertz CT molecular complexity index is 1580.